The van der Waals surface area contributed by atoms with Gasteiger partial charge in [-0.15, -0.1) is 11.3 Å². The quantitative estimate of drug-likeness (QED) is 0.171. The average Bonchev–Trinajstić information content (AvgIpc) is 3.19. The van der Waals surface area contributed by atoms with E-state index in [4.69, 9.17) is 4.74 Å². The number of piperidine rings is 1. The molecule has 1 aromatic heterocycles. The standard InChI is InChI=1S/C21H22N2O5S/c1-15(24)20(12-16-5-2-6-17(11-16)23(26)27)21(25)28-18-7-3-9-22(13-18)14-19-8-4-10-29-19/h2,4-6,8,10-12,18H,3,7,9,13-14H2,1H3/b20-12+. The van der Waals surface area contributed by atoms with E-state index in [0.29, 0.717) is 12.1 Å². The van der Waals surface area contributed by atoms with E-state index < -0.39 is 16.7 Å². The molecule has 0 aliphatic carbocycles. The second-order valence-electron chi connectivity index (χ2n) is 6.95. The molecule has 1 atom stereocenters. The molecule has 1 aliphatic heterocycles. The van der Waals surface area contributed by atoms with E-state index >= 15 is 0 Å². The van der Waals surface area contributed by atoms with Gasteiger partial charge in [-0.2, -0.15) is 0 Å². The number of nitro benzene ring substituents is 1. The molecule has 1 fully saturated rings. The van der Waals surface area contributed by atoms with Crippen molar-refractivity contribution in [2.75, 3.05) is 13.1 Å². The van der Waals surface area contributed by atoms with E-state index in [9.17, 15) is 19.7 Å². The van der Waals surface area contributed by atoms with Crippen LogP contribution in [0.3, 0.4) is 0 Å². The van der Waals surface area contributed by atoms with E-state index in [0.717, 1.165) is 25.9 Å². The number of esters is 1. The van der Waals surface area contributed by atoms with E-state index in [-0.39, 0.29) is 17.4 Å². The Morgan fingerprint density at radius 3 is 2.86 bits per heavy atom. The highest BCUT2D eigenvalue weighted by Crippen LogP contribution is 2.21. The number of ketones is 1. The number of non-ortho nitro benzene ring substituents is 1. The lowest BCUT2D eigenvalue weighted by molar-refractivity contribution is -0.384. The zero-order valence-electron chi connectivity index (χ0n) is 16.1. The summed E-state index contributed by atoms with van der Waals surface area (Å²) in [6, 6.07) is 9.88. The molecule has 7 nitrogen and oxygen atoms in total. The topological polar surface area (TPSA) is 89.8 Å². The van der Waals surface area contributed by atoms with Crippen LogP contribution < -0.4 is 0 Å². The Morgan fingerprint density at radius 2 is 2.17 bits per heavy atom. The minimum Gasteiger partial charge on any atom is -0.457 e. The maximum atomic E-state index is 12.6. The zero-order valence-corrected chi connectivity index (χ0v) is 16.9. The van der Waals surface area contributed by atoms with Crippen molar-refractivity contribution >= 4 is 34.9 Å². The van der Waals surface area contributed by atoms with Gasteiger partial charge in [-0.05, 0) is 49.4 Å². The van der Waals surface area contributed by atoms with Crippen molar-refractivity contribution in [1.82, 2.24) is 4.90 Å². The number of nitro groups is 1. The largest absolute Gasteiger partial charge is 0.457 e. The maximum absolute atomic E-state index is 12.6. The summed E-state index contributed by atoms with van der Waals surface area (Å²) in [5.74, 6) is -1.13. The highest BCUT2D eigenvalue weighted by Gasteiger charge is 2.26. The molecule has 0 amide bonds. The van der Waals surface area contributed by atoms with Crippen LogP contribution in [0.1, 0.15) is 30.2 Å². The lowest BCUT2D eigenvalue weighted by Crippen LogP contribution is -2.40. The van der Waals surface area contributed by atoms with Crippen LogP contribution in [0.5, 0.6) is 0 Å². The number of carbonyl (C=O) groups excluding carboxylic acids is 2. The third-order valence-electron chi connectivity index (χ3n) is 4.69. The Balaban J connectivity index is 1.68. The molecule has 0 spiro atoms. The molecule has 0 saturated carbocycles. The van der Waals surface area contributed by atoms with Crippen molar-refractivity contribution in [1.29, 1.82) is 0 Å². The number of hydrogen-bond donors (Lipinski definition) is 0. The molecule has 8 heteroatoms. The average molecular weight is 414 g/mol. The van der Waals surface area contributed by atoms with Crippen LogP contribution in [-0.4, -0.2) is 40.8 Å². The van der Waals surface area contributed by atoms with Gasteiger partial charge in [0.05, 0.1) is 4.92 Å². The summed E-state index contributed by atoms with van der Waals surface area (Å²) in [4.78, 5) is 38.6. The van der Waals surface area contributed by atoms with Crippen molar-refractivity contribution < 1.29 is 19.2 Å². The lowest BCUT2D eigenvalue weighted by atomic mass is 10.1. The first kappa shape index (κ1) is 20.9. The molecule has 29 heavy (non-hydrogen) atoms. The Kier molecular flexibility index (Phi) is 6.90. The Labute approximate surface area is 172 Å². The lowest BCUT2D eigenvalue weighted by Gasteiger charge is -2.32. The van der Waals surface area contributed by atoms with E-state index in [1.807, 2.05) is 11.4 Å². The molecule has 1 unspecified atom stereocenters. The summed E-state index contributed by atoms with van der Waals surface area (Å²) < 4.78 is 5.61. The summed E-state index contributed by atoms with van der Waals surface area (Å²) in [6.07, 6.45) is 2.72. The first-order valence-electron chi connectivity index (χ1n) is 9.35. The van der Waals surface area contributed by atoms with Crippen LogP contribution in [0.25, 0.3) is 6.08 Å². The molecule has 0 bridgehead atoms. The Bertz CT molecular complexity index is 923. The van der Waals surface area contributed by atoms with Gasteiger partial charge in [-0.1, -0.05) is 18.2 Å². The SMILES string of the molecule is CC(=O)/C(=C\c1cccc([N+](=O)[O-])c1)C(=O)OC1CCCN(Cc2cccs2)C1. The first-order chi connectivity index (χ1) is 13.9. The van der Waals surface area contributed by atoms with Crippen molar-refractivity contribution in [2.24, 2.45) is 0 Å². The number of likely N-dealkylation sites (tertiary alicyclic amines) is 1. The minimum atomic E-state index is -0.688. The molecule has 0 radical (unpaired) electrons. The van der Waals surface area contributed by atoms with Crippen LogP contribution in [0.15, 0.2) is 47.4 Å². The number of nitrogens with zero attached hydrogens (tertiary/aromatic N) is 2. The van der Waals surface area contributed by atoms with Crippen LogP contribution in [0, 0.1) is 10.1 Å². The molecule has 2 heterocycles. The predicted molar refractivity (Wildman–Crippen MR) is 110 cm³/mol. The van der Waals surface area contributed by atoms with Gasteiger partial charge in [0.1, 0.15) is 11.7 Å². The summed E-state index contributed by atoms with van der Waals surface area (Å²) in [5, 5.41) is 13.0. The molecule has 152 valence electrons. The summed E-state index contributed by atoms with van der Waals surface area (Å²) in [7, 11) is 0. The highest BCUT2D eigenvalue weighted by molar-refractivity contribution is 7.09. The second kappa shape index (κ2) is 9.58. The fourth-order valence-electron chi connectivity index (χ4n) is 3.29. The molecular formula is C21H22N2O5S. The van der Waals surface area contributed by atoms with Crippen molar-refractivity contribution in [3.63, 3.8) is 0 Å². The molecule has 0 N–H and O–H groups in total. The summed E-state index contributed by atoms with van der Waals surface area (Å²) >= 11 is 1.69. The molecule has 2 aromatic rings. The van der Waals surface area contributed by atoms with Crippen LogP contribution in [0.2, 0.25) is 0 Å². The number of carbonyl (C=O) groups is 2. The van der Waals surface area contributed by atoms with E-state index in [2.05, 4.69) is 11.0 Å². The van der Waals surface area contributed by atoms with Crippen molar-refractivity contribution in [2.45, 2.75) is 32.4 Å². The van der Waals surface area contributed by atoms with Gasteiger partial charge >= 0.3 is 5.97 Å². The Morgan fingerprint density at radius 1 is 1.34 bits per heavy atom. The second-order valence-corrected chi connectivity index (χ2v) is 7.98. The fourth-order valence-corrected chi connectivity index (χ4v) is 4.04. The molecular weight excluding hydrogens is 392 g/mol. The van der Waals surface area contributed by atoms with E-state index in [1.54, 1.807) is 17.4 Å². The number of rotatable bonds is 7. The minimum absolute atomic E-state index is 0.105. The monoisotopic (exact) mass is 414 g/mol. The highest BCUT2D eigenvalue weighted by atomic mass is 32.1. The van der Waals surface area contributed by atoms with Gasteiger partial charge < -0.3 is 4.74 Å². The van der Waals surface area contributed by atoms with Gasteiger partial charge in [0.2, 0.25) is 0 Å². The third kappa shape index (κ3) is 5.82. The van der Waals surface area contributed by atoms with Crippen LogP contribution in [0.4, 0.5) is 5.69 Å². The first-order valence-corrected chi connectivity index (χ1v) is 10.2. The van der Waals surface area contributed by atoms with Gasteiger partial charge in [0, 0.05) is 30.1 Å². The van der Waals surface area contributed by atoms with Crippen molar-refractivity contribution in [3.05, 3.63) is 67.9 Å². The van der Waals surface area contributed by atoms with Gasteiger partial charge in [0.15, 0.2) is 5.78 Å². The zero-order chi connectivity index (χ0) is 20.8. The maximum Gasteiger partial charge on any atom is 0.342 e. The van der Waals surface area contributed by atoms with Crippen LogP contribution in [-0.2, 0) is 20.9 Å². The number of thiophene rings is 1. The fraction of sp³-hybridized carbons (Fsp3) is 0.333. The predicted octanol–water partition coefficient (Wildman–Crippen LogP) is 3.84. The Hall–Kier alpha value is -2.84. The van der Waals surface area contributed by atoms with E-state index in [1.165, 1.54) is 36.1 Å². The number of Topliss-reactive ketones (excluding diaryl/α,β-unsaturated/α-hetero) is 1. The molecule has 3 rings (SSSR count). The third-order valence-corrected chi connectivity index (χ3v) is 5.55. The number of benzene rings is 1. The van der Waals surface area contributed by atoms with Gasteiger partial charge in [-0.25, -0.2) is 4.79 Å². The van der Waals surface area contributed by atoms with Crippen LogP contribution >= 0.6 is 11.3 Å². The molecule has 1 aliphatic rings. The smallest absolute Gasteiger partial charge is 0.342 e. The summed E-state index contributed by atoms with van der Waals surface area (Å²) in [6.45, 7) is 3.66. The number of ether oxygens (including phenoxy) is 1. The molecule has 1 saturated heterocycles. The number of hydrogen-bond acceptors (Lipinski definition) is 7. The molecule has 1 aromatic carbocycles. The summed E-state index contributed by atoms with van der Waals surface area (Å²) in [5.41, 5.74) is 0.191. The van der Waals surface area contributed by atoms with Crippen molar-refractivity contribution in [3.8, 4) is 0 Å². The van der Waals surface area contributed by atoms with Gasteiger partial charge in [0.25, 0.3) is 5.69 Å². The normalized spacial score (nSPS) is 17.7. The van der Waals surface area contributed by atoms with Gasteiger partial charge in [-0.3, -0.25) is 19.8 Å².